The van der Waals surface area contributed by atoms with Gasteiger partial charge < -0.3 is 19.5 Å². The molecule has 1 unspecified atom stereocenters. The van der Waals surface area contributed by atoms with Crippen LogP contribution in [0.5, 0.6) is 5.75 Å². The van der Waals surface area contributed by atoms with E-state index >= 15 is 0 Å². The van der Waals surface area contributed by atoms with Crippen molar-refractivity contribution < 1.29 is 9.53 Å². The van der Waals surface area contributed by atoms with Crippen molar-refractivity contribution in [2.75, 3.05) is 27.7 Å². The SMILES string of the molecule is COc1ccccc1C(CNC(=O)c1sc2ncn(C)c(=O)c2c1C)N(C)C. The second-order valence-electron chi connectivity index (χ2n) is 6.83. The van der Waals surface area contributed by atoms with Gasteiger partial charge in [-0.2, -0.15) is 0 Å². The smallest absolute Gasteiger partial charge is 0.262 e. The van der Waals surface area contributed by atoms with E-state index < -0.39 is 0 Å². The van der Waals surface area contributed by atoms with E-state index in [4.69, 9.17) is 4.74 Å². The Labute approximate surface area is 167 Å². The molecule has 2 aromatic heterocycles. The monoisotopic (exact) mass is 400 g/mol. The maximum Gasteiger partial charge on any atom is 0.262 e. The first-order valence-electron chi connectivity index (χ1n) is 8.87. The summed E-state index contributed by atoms with van der Waals surface area (Å²) in [5.41, 5.74) is 1.53. The first kappa shape index (κ1) is 20.0. The van der Waals surface area contributed by atoms with Gasteiger partial charge >= 0.3 is 0 Å². The second kappa shape index (κ2) is 8.12. The number of hydrogen-bond donors (Lipinski definition) is 1. The predicted molar refractivity (Wildman–Crippen MR) is 111 cm³/mol. The number of benzene rings is 1. The fraction of sp³-hybridized carbons (Fsp3) is 0.350. The number of hydrogen-bond acceptors (Lipinski definition) is 6. The highest BCUT2D eigenvalue weighted by atomic mass is 32.1. The minimum atomic E-state index is -0.204. The highest BCUT2D eigenvalue weighted by Gasteiger charge is 2.22. The molecule has 0 aliphatic carbocycles. The minimum absolute atomic E-state index is 0.0548. The molecule has 0 saturated heterocycles. The highest BCUT2D eigenvalue weighted by Crippen LogP contribution is 2.29. The van der Waals surface area contributed by atoms with E-state index in [9.17, 15) is 9.59 Å². The van der Waals surface area contributed by atoms with Crippen LogP contribution in [0, 0.1) is 6.92 Å². The largest absolute Gasteiger partial charge is 0.496 e. The molecule has 7 nitrogen and oxygen atoms in total. The Morgan fingerprint density at radius 3 is 2.75 bits per heavy atom. The van der Waals surface area contributed by atoms with Gasteiger partial charge in [-0.25, -0.2) is 4.98 Å². The van der Waals surface area contributed by atoms with Crippen molar-refractivity contribution in [2.45, 2.75) is 13.0 Å². The Balaban J connectivity index is 1.86. The van der Waals surface area contributed by atoms with Gasteiger partial charge in [-0.1, -0.05) is 18.2 Å². The molecule has 1 amide bonds. The molecule has 0 saturated carbocycles. The number of amides is 1. The van der Waals surface area contributed by atoms with Crippen LogP contribution in [-0.2, 0) is 7.05 Å². The molecule has 8 heteroatoms. The topological polar surface area (TPSA) is 76.5 Å². The molecule has 0 aliphatic heterocycles. The van der Waals surface area contributed by atoms with E-state index in [1.54, 1.807) is 21.1 Å². The Bertz CT molecular complexity index is 1070. The molecule has 0 fully saturated rings. The zero-order valence-electron chi connectivity index (χ0n) is 16.6. The van der Waals surface area contributed by atoms with Crippen LogP contribution in [0.15, 0.2) is 35.4 Å². The van der Waals surface area contributed by atoms with Crippen LogP contribution in [0.3, 0.4) is 0 Å². The van der Waals surface area contributed by atoms with Gasteiger partial charge in [0.15, 0.2) is 0 Å². The molecule has 0 bridgehead atoms. The summed E-state index contributed by atoms with van der Waals surface area (Å²) in [5, 5.41) is 3.51. The van der Waals surface area contributed by atoms with Crippen LogP contribution < -0.4 is 15.6 Å². The van der Waals surface area contributed by atoms with E-state index in [1.807, 2.05) is 43.3 Å². The second-order valence-corrected chi connectivity index (χ2v) is 7.83. The van der Waals surface area contributed by atoms with Crippen LogP contribution in [0.1, 0.15) is 26.8 Å². The zero-order valence-corrected chi connectivity index (χ0v) is 17.5. The zero-order chi connectivity index (χ0) is 20.4. The number of aromatic nitrogens is 2. The van der Waals surface area contributed by atoms with Gasteiger partial charge in [0.25, 0.3) is 11.5 Å². The number of aryl methyl sites for hydroxylation is 2. The van der Waals surface area contributed by atoms with Crippen LogP contribution in [0.4, 0.5) is 0 Å². The third kappa shape index (κ3) is 3.65. The number of likely N-dealkylation sites (N-methyl/N-ethyl adjacent to an activating group) is 1. The van der Waals surface area contributed by atoms with Crippen molar-refractivity contribution >= 4 is 27.5 Å². The number of para-hydroxylation sites is 1. The Morgan fingerprint density at radius 1 is 1.36 bits per heavy atom. The van der Waals surface area contributed by atoms with Gasteiger partial charge in [-0.3, -0.25) is 9.59 Å². The molecule has 3 aromatic rings. The van der Waals surface area contributed by atoms with Gasteiger partial charge in [0.1, 0.15) is 10.6 Å². The number of fused-ring (bicyclic) bond motifs is 1. The lowest BCUT2D eigenvalue weighted by Gasteiger charge is -2.26. The van der Waals surface area contributed by atoms with Gasteiger partial charge in [0.05, 0.1) is 29.7 Å². The standard InChI is InChI=1S/C20H24N4O3S/c1-12-16-19(22-11-24(4)20(16)26)28-17(12)18(25)21-10-14(23(2)3)13-8-6-7-9-15(13)27-5/h6-9,11,14H,10H2,1-5H3,(H,21,25). The molecular formula is C20H24N4O3S. The molecule has 0 radical (unpaired) electrons. The molecule has 1 N–H and O–H groups in total. The third-order valence-electron chi connectivity index (χ3n) is 4.79. The van der Waals surface area contributed by atoms with E-state index in [1.165, 1.54) is 22.2 Å². The molecule has 2 heterocycles. The van der Waals surface area contributed by atoms with Crippen molar-refractivity contribution in [1.82, 2.24) is 19.8 Å². The summed E-state index contributed by atoms with van der Waals surface area (Å²) in [4.78, 5) is 32.6. The number of nitrogens with one attached hydrogen (secondary N) is 1. The predicted octanol–water partition coefficient (Wildman–Crippen LogP) is 2.34. The maximum atomic E-state index is 12.9. The number of methoxy groups -OCH3 is 1. The lowest BCUT2D eigenvalue weighted by Crippen LogP contribution is -2.34. The van der Waals surface area contributed by atoms with Crippen LogP contribution in [-0.4, -0.2) is 48.1 Å². The first-order chi connectivity index (χ1) is 13.3. The van der Waals surface area contributed by atoms with E-state index in [0.717, 1.165) is 11.3 Å². The van der Waals surface area contributed by atoms with Crippen LogP contribution in [0.25, 0.3) is 10.2 Å². The van der Waals surface area contributed by atoms with Gasteiger partial charge in [-0.15, -0.1) is 11.3 Å². The summed E-state index contributed by atoms with van der Waals surface area (Å²) in [6, 6.07) is 7.72. The number of ether oxygens (including phenoxy) is 1. The molecule has 0 spiro atoms. The minimum Gasteiger partial charge on any atom is -0.496 e. The quantitative estimate of drug-likeness (QED) is 0.687. The average Bonchev–Trinajstić information content (AvgIpc) is 3.02. The summed E-state index contributed by atoms with van der Waals surface area (Å²) in [6.45, 7) is 2.20. The molecule has 1 atom stereocenters. The van der Waals surface area contributed by atoms with Gasteiger partial charge in [0.2, 0.25) is 0 Å². The Kier molecular flexibility index (Phi) is 5.81. The number of rotatable bonds is 6. The third-order valence-corrected chi connectivity index (χ3v) is 5.99. The number of thiophene rings is 1. The average molecular weight is 401 g/mol. The maximum absolute atomic E-state index is 12.9. The van der Waals surface area contributed by atoms with Gasteiger partial charge in [-0.05, 0) is 32.6 Å². The molecule has 1 aromatic carbocycles. The Morgan fingerprint density at radius 2 is 2.07 bits per heavy atom. The van der Waals surface area contributed by atoms with Crippen molar-refractivity contribution in [3.8, 4) is 5.75 Å². The molecule has 0 aliphatic rings. The summed E-state index contributed by atoms with van der Waals surface area (Å²) >= 11 is 1.24. The van der Waals surface area contributed by atoms with E-state index in [-0.39, 0.29) is 17.5 Å². The fourth-order valence-electron chi connectivity index (χ4n) is 3.21. The number of nitrogens with zero attached hydrogens (tertiary/aromatic N) is 3. The van der Waals surface area contributed by atoms with Gasteiger partial charge in [0, 0.05) is 19.2 Å². The lowest BCUT2D eigenvalue weighted by molar-refractivity contribution is 0.0945. The van der Waals surface area contributed by atoms with Crippen molar-refractivity contribution in [1.29, 1.82) is 0 Å². The van der Waals surface area contributed by atoms with E-state index in [2.05, 4.69) is 10.3 Å². The van der Waals surface area contributed by atoms with Crippen LogP contribution >= 0.6 is 11.3 Å². The van der Waals surface area contributed by atoms with Crippen molar-refractivity contribution in [3.63, 3.8) is 0 Å². The number of carbonyl (C=O) groups is 1. The van der Waals surface area contributed by atoms with E-state index in [0.29, 0.717) is 27.2 Å². The van der Waals surface area contributed by atoms with Crippen LogP contribution in [0.2, 0.25) is 0 Å². The molecule has 148 valence electrons. The molecular weight excluding hydrogens is 376 g/mol. The summed E-state index contributed by atoms with van der Waals surface area (Å²) in [7, 11) is 7.21. The summed E-state index contributed by atoms with van der Waals surface area (Å²) < 4.78 is 6.89. The highest BCUT2D eigenvalue weighted by molar-refractivity contribution is 7.20. The summed E-state index contributed by atoms with van der Waals surface area (Å²) in [5.74, 6) is 0.575. The van der Waals surface area contributed by atoms with Crippen molar-refractivity contribution in [3.05, 3.63) is 57.0 Å². The lowest BCUT2D eigenvalue weighted by atomic mass is 10.0. The first-order valence-corrected chi connectivity index (χ1v) is 9.69. The summed E-state index contributed by atoms with van der Waals surface area (Å²) in [6.07, 6.45) is 1.48. The fourth-order valence-corrected chi connectivity index (χ4v) is 4.26. The normalized spacial score (nSPS) is 12.4. The molecule has 28 heavy (non-hydrogen) atoms. The Hall–Kier alpha value is -2.71. The molecule has 3 rings (SSSR count). The van der Waals surface area contributed by atoms with Crippen molar-refractivity contribution in [2.24, 2.45) is 7.05 Å². The number of carbonyl (C=O) groups excluding carboxylic acids is 1.